The fourth-order valence-electron chi connectivity index (χ4n) is 2.15. The molecular formula is C14H8N4. The molecule has 0 atom stereocenters. The van der Waals surface area contributed by atoms with Crippen molar-refractivity contribution < 1.29 is 0 Å². The largest absolute Gasteiger partial charge is 0.785 e. The minimum atomic E-state index is 0.227. The summed E-state index contributed by atoms with van der Waals surface area (Å²) < 4.78 is 0. The van der Waals surface area contributed by atoms with E-state index in [4.69, 9.17) is 5.53 Å². The number of nitrogens with zero attached hydrogens (tertiary/aromatic N) is 4. The Labute approximate surface area is 104 Å². The fourth-order valence-corrected chi connectivity index (χ4v) is 2.15. The number of azide groups is 1. The first kappa shape index (κ1) is 10.4. The zero-order chi connectivity index (χ0) is 12.5. The highest BCUT2D eigenvalue weighted by molar-refractivity contribution is 6.15. The van der Waals surface area contributed by atoms with Crippen molar-refractivity contribution in [3.63, 3.8) is 0 Å². The zero-order valence-electron chi connectivity index (χ0n) is 9.41. The Kier molecular flexibility index (Phi) is 2.29. The van der Waals surface area contributed by atoms with Crippen molar-refractivity contribution in [2.24, 2.45) is 5.11 Å². The summed E-state index contributed by atoms with van der Waals surface area (Å²) in [6.45, 7) is 0. The number of hydrogen-bond acceptors (Lipinski definition) is 1. The van der Waals surface area contributed by atoms with Gasteiger partial charge in [-0.3, -0.25) is 0 Å². The second kappa shape index (κ2) is 3.95. The molecule has 1 aliphatic rings. The van der Waals surface area contributed by atoms with E-state index in [1.54, 1.807) is 18.2 Å². The van der Waals surface area contributed by atoms with Crippen molar-refractivity contribution in [3.05, 3.63) is 75.9 Å². The first-order chi connectivity index (χ1) is 8.79. The van der Waals surface area contributed by atoms with E-state index < -0.39 is 0 Å². The molecule has 84 valence electrons. The van der Waals surface area contributed by atoms with Crippen LogP contribution in [-0.2, 0) is 0 Å². The normalized spacial score (nSPS) is 12.8. The molecule has 4 nitrogen and oxygen atoms in total. The second-order valence-electron chi connectivity index (χ2n) is 4.04. The molecule has 0 bridgehead atoms. The van der Waals surface area contributed by atoms with Gasteiger partial charge in [-0.25, -0.2) is 0 Å². The highest BCUT2D eigenvalue weighted by Crippen LogP contribution is 2.31. The smallest absolute Gasteiger partial charge is 0.103 e. The van der Waals surface area contributed by atoms with Crippen molar-refractivity contribution in [2.75, 3.05) is 0 Å². The van der Waals surface area contributed by atoms with Gasteiger partial charge in [0.2, 0.25) is 0 Å². The molecular weight excluding hydrogens is 224 g/mol. The molecule has 0 N–H and O–H groups in total. The van der Waals surface area contributed by atoms with E-state index in [0.29, 0.717) is 5.69 Å². The zero-order valence-corrected chi connectivity index (χ0v) is 9.41. The standard InChI is InChI=1S/C14H8N4/c15-13-5-1-3-9-7-10-4-2-6-14(17-18-16)12(10)8-11(9)13/h1-8H. The summed E-state index contributed by atoms with van der Waals surface area (Å²) in [6.07, 6.45) is 5.39. The van der Waals surface area contributed by atoms with Gasteiger partial charge in [0.25, 0.3) is 0 Å². The van der Waals surface area contributed by atoms with Crippen LogP contribution in [0.1, 0.15) is 11.1 Å². The van der Waals surface area contributed by atoms with E-state index in [2.05, 4.69) is 10.0 Å². The SMILES string of the molecule is [N-]=[N+]=Nc1cccc2cc3c(cc12)C(=[N-])C=C[CH+]3. The summed E-state index contributed by atoms with van der Waals surface area (Å²) in [4.78, 5) is 2.82. The third kappa shape index (κ3) is 1.52. The van der Waals surface area contributed by atoms with Crippen LogP contribution >= 0.6 is 0 Å². The van der Waals surface area contributed by atoms with Crippen LogP contribution in [0.5, 0.6) is 0 Å². The van der Waals surface area contributed by atoms with Gasteiger partial charge in [-0.05, 0) is 23.7 Å². The number of fused-ring (bicyclic) bond motifs is 2. The van der Waals surface area contributed by atoms with Crippen LogP contribution in [0.4, 0.5) is 5.69 Å². The van der Waals surface area contributed by atoms with Crippen molar-refractivity contribution in [3.8, 4) is 0 Å². The van der Waals surface area contributed by atoms with Crippen molar-refractivity contribution >= 4 is 22.2 Å². The Morgan fingerprint density at radius 2 is 2.11 bits per heavy atom. The molecule has 3 rings (SSSR count). The lowest BCUT2D eigenvalue weighted by Gasteiger charge is -2.12. The maximum absolute atomic E-state index is 9.85. The Hall–Kier alpha value is -2.71. The van der Waals surface area contributed by atoms with Gasteiger partial charge in [0.15, 0.2) is 0 Å². The molecule has 1 aliphatic carbocycles. The van der Waals surface area contributed by atoms with E-state index >= 15 is 0 Å². The molecule has 0 fully saturated rings. The molecule has 0 saturated carbocycles. The number of hydrogen-bond donors (Lipinski definition) is 0. The lowest BCUT2D eigenvalue weighted by Crippen LogP contribution is -2.03. The lowest BCUT2D eigenvalue weighted by atomic mass is 9.92. The Bertz CT molecular complexity index is 737. The number of allylic oxidation sites excluding steroid dienone is 2. The van der Waals surface area contributed by atoms with E-state index in [-0.39, 0.29) is 5.71 Å². The van der Waals surface area contributed by atoms with Crippen molar-refractivity contribution in [1.29, 1.82) is 0 Å². The Morgan fingerprint density at radius 1 is 1.22 bits per heavy atom. The molecule has 0 radical (unpaired) electrons. The van der Waals surface area contributed by atoms with Gasteiger partial charge in [-0.1, -0.05) is 23.0 Å². The van der Waals surface area contributed by atoms with Crippen LogP contribution in [0, 0.1) is 6.42 Å². The molecule has 0 heterocycles. The summed E-state index contributed by atoms with van der Waals surface area (Å²) >= 11 is 0. The van der Waals surface area contributed by atoms with Gasteiger partial charge < -0.3 is 5.41 Å². The first-order valence-corrected chi connectivity index (χ1v) is 5.49. The van der Waals surface area contributed by atoms with Gasteiger partial charge in [-0.2, -0.15) is 0 Å². The molecule has 0 aliphatic heterocycles. The van der Waals surface area contributed by atoms with Crippen molar-refractivity contribution in [2.45, 2.75) is 0 Å². The van der Waals surface area contributed by atoms with E-state index in [1.807, 2.05) is 30.7 Å². The molecule has 0 saturated heterocycles. The number of rotatable bonds is 1. The molecule has 2 aromatic carbocycles. The van der Waals surface area contributed by atoms with Crippen LogP contribution in [-0.4, -0.2) is 5.71 Å². The lowest BCUT2D eigenvalue weighted by molar-refractivity contribution is 1.47. The van der Waals surface area contributed by atoms with Gasteiger partial charge in [0, 0.05) is 39.9 Å². The molecule has 18 heavy (non-hydrogen) atoms. The van der Waals surface area contributed by atoms with E-state index in [0.717, 1.165) is 21.9 Å². The monoisotopic (exact) mass is 232 g/mol. The maximum Gasteiger partial charge on any atom is 0.103 e. The predicted octanol–water partition coefficient (Wildman–Crippen LogP) is 4.26. The summed E-state index contributed by atoms with van der Waals surface area (Å²) in [5.74, 6) is 0. The molecule has 0 amide bonds. The molecule has 2 aromatic rings. The van der Waals surface area contributed by atoms with Gasteiger partial charge in [0.1, 0.15) is 5.56 Å². The second-order valence-corrected chi connectivity index (χ2v) is 4.04. The van der Waals surface area contributed by atoms with Crippen LogP contribution in [0.3, 0.4) is 0 Å². The maximum atomic E-state index is 9.85. The quantitative estimate of drug-likeness (QED) is 0.305. The average Bonchev–Trinajstić information content (AvgIpc) is 2.38. The molecule has 0 unspecified atom stereocenters. The highest BCUT2D eigenvalue weighted by atomic mass is 15.1. The van der Waals surface area contributed by atoms with Crippen molar-refractivity contribution in [1.82, 2.24) is 0 Å². The fraction of sp³-hybridized carbons (Fsp3) is 0. The molecule has 0 spiro atoms. The third-order valence-electron chi connectivity index (χ3n) is 2.99. The summed E-state index contributed by atoms with van der Waals surface area (Å²) in [5.41, 5.74) is 11.1. The third-order valence-corrected chi connectivity index (χ3v) is 2.99. The molecule has 0 aromatic heterocycles. The average molecular weight is 232 g/mol. The molecule has 4 heteroatoms. The Balaban J connectivity index is 2.36. The minimum Gasteiger partial charge on any atom is -0.785 e. The van der Waals surface area contributed by atoms with E-state index in [1.165, 1.54) is 0 Å². The Morgan fingerprint density at radius 3 is 2.94 bits per heavy atom. The van der Waals surface area contributed by atoms with Crippen LogP contribution in [0.25, 0.3) is 26.6 Å². The number of benzene rings is 2. The minimum absolute atomic E-state index is 0.227. The highest BCUT2D eigenvalue weighted by Gasteiger charge is 2.15. The van der Waals surface area contributed by atoms with Crippen LogP contribution < -0.4 is 0 Å². The first-order valence-electron chi connectivity index (χ1n) is 5.49. The van der Waals surface area contributed by atoms with Crippen LogP contribution in [0.2, 0.25) is 0 Å². The van der Waals surface area contributed by atoms with Crippen LogP contribution in [0.15, 0.2) is 47.6 Å². The summed E-state index contributed by atoms with van der Waals surface area (Å²) in [7, 11) is 0. The van der Waals surface area contributed by atoms with Gasteiger partial charge >= 0.3 is 0 Å². The predicted molar refractivity (Wildman–Crippen MR) is 72.8 cm³/mol. The topological polar surface area (TPSA) is 71.1 Å². The summed E-state index contributed by atoms with van der Waals surface area (Å²) in [6, 6.07) is 9.38. The van der Waals surface area contributed by atoms with Gasteiger partial charge in [0.05, 0.1) is 5.56 Å². The van der Waals surface area contributed by atoms with E-state index in [9.17, 15) is 5.41 Å². The van der Waals surface area contributed by atoms with Gasteiger partial charge in [-0.15, -0.1) is 0 Å². The summed E-state index contributed by atoms with van der Waals surface area (Å²) in [5, 5.41) is 15.3.